The minimum atomic E-state index is -2.55. The van der Waals surface area contributed by atoms with Crippen LogP contribution in [0.2, 0.25) is 0 Å². The van der Waals surface area contributed by atoms with Gasteiger partial charge in [-0.05, 0) is 0 Å². The van der Waals surface area contributed by atoms with Gasteiger partial charge in [0.15, 0.2) is 0 Å². The van der Waals surface area contributed by atoms with Crippen molar-refractivity contribution in [1.29, 1.82) is 0 Å². The molecule has 0 saturated carbocycles. The first-order valence-electron chi connectivity index (χ1n) is 8.46. The quantitative estimate of drug-likeness (QED) is 0.472. The van der Waals surface area contributed by atoms with Gasteiger partial charge < -0.3 is 0 Å². The summed E-state index contributed by atoms with van der Waals surface area (Å²) in [5.41, 5.74) is 0. The predicted octanol–water partition coefficient (Wildman–Crippen LogP) is 3.06. The summed E-state index contributed by atoms with van der Waals surface area (Å²) in [5.74, 6) is 0. The van der Waals surface area contributed by atoms with Gasteiger partial charge in [0.1, 0.15) is 0 Å². The third kappa shape index (κ3) is 2.82. The zero-order chi connectivity index (χ0) is 17.0. The number of benzene rings is 4. The molecule has 0 radical (unpaired) electrons. The van der Waals surface area contributed by atoms with Crippen molar-refractivity contribution < 1.29 is 0 Å². The summed E-state index contributed by atoms with van der Waals surface area (Å²) in [6.07, 6.45) is 0. The molecule has 0 fully saturated rings. The molecule has 1 heteroatoms. The van der Waals surface area contributed by atoms with E-state index in [1.807, 2.05) is 0 Å². The molecule has 0 unspecified atom stereocenters. The van der Waals surface area contributed by atoms with Crippen molar-refractivity contribution in [1.82, 2.24) is 0 Å². The summed E-state index contributed by atoms with van der Waals surface area (Å²) in [6.45, 7) is 0. The van der Waals surface area contributed by atoms with Crippen molar-refractivity contribution in [2.45, 2.75) is 0 Å². The van der Waals surface area contributed by atoms with Crippen LogP contribution in [0.4, 0.5) is 0 Å². The van der Waals surface area contributed by atoms with E-state index in [0.717, 1.165) is 0 Å². The molecule has 0 N–H and O–H groups in total. The van der Waals surface area contributed by atoms with Crippen LogP contribution in [-0.4, -0.2) is 12.8 Å². The first kappa shape index (κ1) is 15.9. The van der Waals surface area contributed by atoms with Gasteiger partial charge in [0.25, 0.3) is 0 Å². The molecule has 4 aromatic rings. The monoisotopic (exact) mass is 388 g/mol. The summed E-state index contributed by atoms with van der Waals surface area (Å²) in [6, 6.07) is 44.1. The second-order valence-corrected chi connectivity index (χ2v) is 12.4. The van der Waals surface area contributed by atoms with Crippen LogP contribution >= 0.6 is 0 Å². The van der Waals surface area contributed by atoms with Crippen molar-refractivity contribution >= 4 is 30.7 Å². The SMILES string of the molecule is c1ccc([Se](c2ccccc2)(c2ccccc2)c2ccccc2)cc1. The molecule has 0 aromatic heterocycles. The molecule has 0 aliphatic rings. The second kappa shape index (κ2) is 7.11. The summed E-state index contributed by atoms with van der Waals surface area (Å²) in [4.78, 5) is 0. The van der Waals surface area contributed by atoms with Crippen molar-refractivity contribution in [3.63, 3.8) is 0 Å². The van der Waals surface area contributed by atoms with Gasteiger partial charge in [-0.1, -0.05) is 0 Å². The van der Waals surface area contributed by atoms with Crippen LogP contribution in [0.5, 0.6) is 0 Å². The van der Waals surface area contributed by atoms with E-state index in [4.69, 9.17) is 0 Å². The van der Waals surface area contributed by atoms with E-state index in [1.54, 1.807) is 0 Å². The third-order valence-electron chi connectivity index (χ3n) is 4.39. The van der Waals surface area contributed by atoms with E-state index in [2.05, 4.69) is 121 Å². The van der Waals surface area contributed by atoms with Crippen LogP contribution < -0.4 is 17.8 Å². The molecule has 0 atom stereocenters. The fourth-order valence-electron chi connectivity index (χ4n) is 3.31. The molecule has 0 bridgehead atoms. The molecule has 0 aliphatic heterocycles. The van der Waals surface area contributed by atoms with Gasteiger partial charge in [0.05, 0.1) is 0 Å². The van der Waals surface area contributed by atoms with E-state index in [9.17, 15) is 0 Å². The minimum absolute atomic E-state index is 1.43. The van der Waals surface area contributed by atoms with E-state index in [1.165, 1.54) is 17.8 Å². The van der Waals surface area contributed by atoms with E-state index >= 15 is 0 Å². The topological polar surface area (TPSA) is 0 Å². The Morgan fingerprint density at radius 1 is 0.280 bits per heavy atom. The molecule has 122 valence electrons. The van der Waals surface area contributed by atoms with Crippen molar-refractivity contribution in [3.05, 3.63) is 121 Å². The first-order valence-corrected chi connectivity index (χ1v) is 11.9. The van der Waals surface area contributed by atoms with Crippen LogP contribution in [0.25, 0.3) is 0 Å². The zero-order valence-electron chi connectivity index (χ0n) is 14.0. The third-order valence-corrected chi connectivity index (χ3v) is 12.6. The van der Waals surface area contributed by atoms with Crippen LogP contribution in [0.1, 0.15) is 0 Å². The number of hydrogen-bond donors (Lipinski definition) is 0. The van der Waals surface area contributed by atoms with Crippen LogP contribution in [0.15, 0.2) is 121 Å². The second-order valence-electron chi connectivity index (χ2n) is 5.86. The molecule has 25 heavy (non-hydrogen) atoms. The average Bonchev–Trinajstić information content (AvgIpc) is 2.72. The van der Waals surface area contributed by atoms with Crippen molar-refractivity contribution in [3.8, 4) is 0 Å². The van der Waals surface area contributed by atoms with Gasteiger partial charge >= 0.3 is 152 Å². The molecule has 0 heterocycles. The van der Waals surface area contributed by atoms with Gasteiger partial charge in [0, 0.05) is 0 Å². The molecule has 4 aromatic carbocycles. The van der Waals surface area contributed by atoms with E-state index in [-0.39, 0.29) is 0 Å². The molecule has 0 spiro atoms. The van der Waals surface area contributed by atoms with Gasteiger partial charge in [0.2, 0.25) is 0 Å². The standard InChI is InChI=1S/C24H20Se/c1-5-13-21(14-6-1)25(22-15-7-2-8-16-22,23-17-9-3-10-18-23)24-19-11-4-12-20-24/h1-20H. The Kier molecular flexibility index (Phi) is 4.52. The van der Waals surface area contributed by atoms with Gasteiger partial charge in [-0.3, -0.25) is 0 Å². The molecular weight excluding hydrogens is 367 g/mol. The van der Waals surface area contributed by atoms with Crippen LogP contribution in [0.3, 0.4) is 0 Å². The Balaban J connectivity index is 2.13. The molecule has 0 amide bonds. The maximum atomic E-state index is 2.30. The van der Waals surface area contributed by atoms with Crippen molar-refractivity contribution in [2.24, 2.45) is 0 Å². The molecular formula is C24H20Se. The Labute approximate surface area is 152 Å². The molecule has 0 saturated heterocycles. The zero-order valence-corrected chi connectivity index (χ0v) is 15.7. The molecule has 0 aliphatic carbocycles. The Morgan fingerprint density at radius 2 is 0.480 bits per heavy atom. The maximum absolute atomic E-state index is 2.55. The normalized spacial score (nSPS) is 11.8. The summed E-state index contributed by atoms with van der Waals surface area (Å²) in [5, 5.41) is 0. The van der Waals surface area contributed by atoms with Gasteiger partial charge in [-0.2, -0.15) is 0 Å². The predicted molar refractivity (Wildman–Crippen MR) is 110 cm³/mol. The van der Waals surface area contributed by atoms with Gasteiger partial charge in [-0.25, -0.2) is 0 Å². The fourth-order valence-corrected chi connectivity index (χ4v) is 11.5. The Bertz CT molecular complexity index is 753. The molecule has 4 rings (SSSR count). The van der Waals surface area contributed by atoms with Crippen LogP contribution in [-0.2, 0) is 0 Å². The Hall–Kier alpha value is -2.60. The Morgan fingerprint density at radius 3 is 0.680 bits per heavy atom. The van der Waals surface area contributed by atoms with Crippen LogP contribution in [0, 0.1) is 0 Å². The molecule has 0 nitrogen and oxygen atoms in total. The number of hydrogen-bond acceptors (Lipinski definition) is 0. The summed E-state index contributed by atoms with van der Waals surface area (Å²) < 4.78 is 5.73. The van der Waals surface area contributed by atoms with E-state index in [0.29, 0.717) is 0 Å². The average molecular weight is 387 g/mol. The first-order chi connectivity index (χ1) is 12.4. The van der Waals surface area contributed by atoms with E-state index < -0.39 is 12.8 Å². The summed E-state index contributed by atoms with van der Waals surface area (Å²) in [7, 11) is 0. The van der Waals surface area contributed by atoms with Crippen molar-refractivity contribution in [2.75, 3.05) is 0 Å². The fraction of sp³-hybridized carbons (Fsp3) is 0. The summed E-state index contributed by atoms with van der Waals surface area (Å²) >= 11 is -2.55. The van der Waals surface area contributed by atoms with Gasteiger partial charge in [-0.15, -0.1) is 0 Å². The number of rotatable bonds is 4.